The highest BCUT2D eigenvalue weighted by molar-refractivity contribution is 5.63. The van der Waals surface area contributed by atoms with Gasteiger partial charge in [0.2, 0.25) is 0 Å². The van der Waals surface area contributed by atoms with E-state index >= 15 is 0 Å². The Labute approximate surface area is 100 Å². The molecule has 0 amide bonds. The second-order valence-electron chi connectivity index (χ2n) is 4.27. The van der Waals surface area contributed by atoms with Crippen molar-refractivity contribution in [3.8, 4) is 17.1 Å². The van der Waals surface area contributed by atoms with Crippen LogP contribution in [0.3, 0.4) is 0 Å². The Kier molecular flexibility index (Phi) is 3.04. The molecule has 0 aliphatic rings. The lowest BCUT2D eigenvalue weighted by Gasteiger charge is -2.09. The second-order valence-corrected chi connectivity index (χ2v) is 4.27. The molecule has 0 aliphatic carbocycles. The van der Waals surface area contributed by atoms with Crippen molar-refractivity contribution in [2.24, 2.45) is 0 Å². The predicted octanol–water partition coefficient (Wildman–Crippen LogP) is 3.06. The highest BCUT2D eigenvalue weighted by Gasteiger charge is 2.10. The van der Waals surface area contributed by atoms with Crippen molar-refractivity contribution in [2.75, 3.05) is 12.8 Å². The zero-order valence-electron chi connectivity index (χ0n) is 10.2. The van der Waals surface area contributed by atoms with Crippen LogP contribution >= 0.6 is 0 Å². The van der Waals surface area contributed by atoms with Gasteiger partial charge in [-0.25, -0.2) is 0 Å². The van der Waals surface area contributed by atoms with E-state index in [4.69, 9.17) is 15.0 Å². The van der Waals surface area contributed by atoms with Gasteiger partial charge in [0.1, 0.15) is 5.75 Å². The Morgan fingerprint density at radius 3 is 2.53 bits per heavy atom. The molecule has 1 aromatic heterocycles. The van der Waals surface area contributed by atoms with E-state index in [-0.39, 0.29) is 0 Å². The van der Waals surface area contributed by atoms with Gasteiger partial charge in [0, 0.05) is 11.6 Å². The number of aromatic nitrogens is 1. The van der Waals surface area contributed by atoms with Crippen LogP contribution in [0.2, 0.25) is 0 Å². The molecule has 0 fully saturated rings. The molecular formula is C13H16N2O2. The van der Waals surface area contributed by atoms with Crippen LogP contribution in [0, 0.1) is 0 Å². The molecule has 2 aromatic rings. The third kappa shape index (κ3) is 2.41. The summed E-state index contributed by atoms with van der Waals surface area (Å²) in [5.41, 5.74) is 7.67. The van der Waals surface area contributed by atoms with Crippen molar-refractivity contribution >= 4 is 5.82 Å². The zero-order valence-corrected chi connectivity index (χ0v) is 10.2. The lowest BCUT2D eigenvalue weighted by atomic mass is 9.99. The molecule has 0 atom stereocenters. The van der Waals surface area contributed by atoms with Gasteiger partial charge in [0.15, 0.2) is 11.6 Å². The van der Waals surface area contributed by atoms with Crippen molar-refractivity contribution in [1.82, 2.24) is 5.16 Å². The molecular weight excluding hydrogens is 216 g/mol. The first-order chi connectivity index (χ1) is 8.10. The number of hydrogen-bond acceptors (Lipinski definition) is 4. The molecule has 4 nitrogen and oxygen atoms in total. The Bertz CT molecular complexity index is 518. The molecule has 0 spiro atoms. The average molecular weight is 232 g/mol. The van der Waals surface area contributed by atoms with Crippen LogP contribution < -0.4 is 10.5 Å². The minimum Gasteiger partial charge on any atom is -0.497 e. The third-order valence-corrected chi connectivity index (χ3v) is 2.64. The van der Waals surface area contributed by atoms with Gasteiger partial charge in [0.05, 0.1) is 7.11 Å². The molecule has 1 heterocycles. The molecule has 0 aliphatic heterocycles. The van der Waals surface area contributed by atoms with E-state index < -0.39 is 0 Å². The van der Waals surface area contributed by atoms with E-state index in [1.54, 1.807) is 13.2 Å². The van der Waals surface area contributed by atoms with E-state index in [0.29, 0.717) is 17.5 Å². The van der Waals surface area contributed by atoms with Crippen LogP contribution in [0.25, 0.3) is 11.3 Å². The van der Waals surface area contributed by atoms with E-state index in [1.165, 1.54) is 5.56 Å². The quantitative estimate of drug-likeness (QED) is 0.883. The molecule has 0 unspecified atom stereocenters. The van der Waals surface area contributed by atoms with Gasteiger partial charge in [0.25, 0.3) is 0 Å². The topological polar surface area (TPSA) is 61.3 Å². The molecule has 0 saturated carbocycles. The maximum absolute atomic E-state index is 5.55. The van der Waals surface area contributed by atoms with Crippen LogP contribution in [-0.2, 0) is 0 Å². The number of benzene rings is 1. The maximum Gasteiger partial charge on any atom is 0.169 e. The summed E-state index contributed by atoms with van der Waals surface area (Å²) in [6.07, 6.45) is 0. The Hall–Kier alpha value is -1.97. The standard InChI is InChI=1S/C13H16N2O2/c1-8(2)9-4-10(6-11(5-9)16-3)12-7-13(14)15-17-12/h4-8H,1-3H3,(H2,14,15). The maximum atomic E-state index is 5.55. The Balaban J connectivity index is 2.49. The zero-order chi connectivity index (χ0) is 12.4. The average Bonchev–Trinajstić information content (AvgIpc) is 2.75. The minimum atomic E-state index is 0.383. The molecule has 1 aromatic carbocycles. The van der Waals surface area contributed by atoms with E-state index in [9.17, 15) is 0 Å². The first-order valence-electron chi connectivity index (χ1n) is 5.51. The number of methoxy groups -OCH3 is 1. The summed E-state index contributed by atoms with van der Waals surface area (Å²) in [6, 6.07) is 7.70. The lowest BCUT2D eigenvalue weighted by Crippen LogP contribution is -1.91. The molecule has 2 rings (SSSR count). The van der Waals surface area contributed by atoms with Gasteiger partial charge in [-0.15, -0.1) is 0 Å². The summed E-state index contributed by atoms with van der Waals surface area (Å²) < 4.78 is 10.4. The number of nitrogens with zero attached hydrogens (tertiary/aromatic N) is 1. The van der Waals surface area contributed by atoms with Crippen molar-refractivity contribution in [3.05, 3.63) is 29.8 Å². The molecule has 4 heteroatoms. The molecule has 2 N–H and O–H groups in total. The van der Waals surface area contributed by atoms with Crippen molar-refractivity contribution < 1.29 is 9.26 Å². The van der Waals surface area contributed by atoms with E-state index in [1.807, 2.05) is 12.1 Å². The van der Waals surface area contributed by atoms with Gasteiger partial charge >= 0.3 is 0 Å². The first kappa shape index (κ1) is 11.5. The molecule has 0 saturated heterocycles. The summed E-state index contributed by atoms with van der Waals surface area (Å²) in [4.78, 5) is 0. The summed E-state index contributed by atoms with van der Waals surface area (Å²) in [7, 11) is 1.65. The SMILES string of the molecule is COc1cc(-c2cc(N)no2)cc(C(C)C)c1. The fourth-order valence-electron chi connectivity index (χ4n) is 1.64. The number of rotatable bonds is 3. The van der Waals surface area contributed by atoms with Crippen molar-refractivity contribution in [1.29, 1.82) is 0 Å². The first-order valence-corrected chi connectivity index (χ1v) is 5.51. The van der Waals surface area contributed by atoms with E-state index in [0.717, 1.165) is 11.3 Å². The number of ether oxygens (including phenoxy) is 1. The second kappa shape index (κ2) is 4.49. The third-order valence-electron chi connectivity index (χ3n) is 2.64. The smallest absolute Gasteiger partial charge is 0.169 e. The van der Waals surface area contributed by atoms with Gasteiger partial charge in [-0.1, -0.05) is 19.0 Å². The van der Waals surface area contributed by atoms with Crippen LogP contribution in [-0.4, -0.2) is 12.3 Å². The van der Waals surface area contributed by atoms with E-state index in [2.05, 4.69) is 25.1 Å². The Morgan fingerprint density at radius 1 is 1.24 bits per heavy atom. The molecule has 17 heavy (non-hydrogen) atoms. The van der Waals surface area contributed by atoms with Gasteiger partial charge in [-0.2, -0.15) is 0 Å². The fourth-order valence-corrected chi connectivity index (χ4v) is 1.64. The number of nitrogen functional groups attached to an aromatic ring is 1. The Morgan fingerprint density at radius 2 is 2.00 bits per heavy atom. The highest BCUT2D eigenvalue weighted by atomic mass is 16.5. The molecule has 90 valence electrons. The summed E-state index contributed by atoms with van der Waals surface area (Å²) in [5, 5.41) is 3.68. The van der Waals surface area contributed by atoms with Crippen LogP contribution in [0.4, 0.5) is 5.82 Å². The summed E-state index contributed by atoms with van der Waals surface area (Å²) in [5.74, 6) is 2.27. The molecule has 0 radical (unpaired) electrons. The lowest BCUT2D eigenvalue weighted by molar-refractivity contribution is 0.412. The van der Waals surface area contributed by atoms with Crippen LogP contribution in [0.15, 0.2) is 28.8 Å². The van der Waals surface area contributed by atoms with Crippen molar-refractivity contribution in [2.45, 2.75) is 19.8 Å². The summed E-state index contributed by atoms with van der Waals surface area (Å²) in [6.45, 7) is 4.26. The number of anilines is 1. The van der Waals surface area contributed by atoms with Gasteiger partial charge in [-0.05, 0) is 29.7 Å². The van der Waals surface area contributed by atoms with Gasteiger partial charge < -0.3 is 15.0 Å². The monoisotopic (exact) mass is 232 g/mol. The number of hydrogen-bond donors (Lipinski definition) is 1. The fraction of sp³-hybridized carbons (Fsp3) is 0.308. The largest absolute Gasteiger partial charge is 0.497 e. The predicted molar refractivity (Wildman–Crippen MR) is 67.0 cm³/mol. The molecule has 0 bridgehead atoms. The highest BCUT2D eigenvalue weighted by Crippen LogP contribution is 2.30. The van der Waals surface area contributed by atoms with Crippen LogP contribution in [0.5, 0.6) is 5.75 Å². The minimum absolute atomic E-state index is 0.383. The normalized spacial score (nSPS) is 10.8. The number of nitrogens with two attached hydrogens (primary N) is 1. The van der Waals surface area contributed by atoms with Gasteiger partial charge in [-0.3, -0.25) is 0 Å². The van der Waals surface area contributed by atoms with Crippen molar-refractivity contribution in [3.63, 3.8) is 0 Å². The van der Waals surface area contributed by atoms with Crippen LogP contribution in [0.1, 0.15) is 25.3 Å². The summed E-state index contributed by atoms with van der Waals surface area (Å²) >= 11 is 0.